The van der Waals surface area contributed by atoms with Crippen molar-refractivity contribution in [2.45, 2.75) is 37.8 Å². The molecule has 2 aromatic rings. The van der Waals surface area contributed by atoms with Crippen molar-refractivity contribution in [3.8, 4) is 0 Å². The Balaban J connectivity index is 1.75. The number of nitrogens with zero attached hydrogens (tertiary/aromatic N) is 2. The molecule has 0 N–H and O–H groups in total. The summed E-state index contributed by atoms with van der Waals surface area (Å²) >= 11 is 1.91. The third-order valence-corrected chi connectivity index (χ3v) is 3.87. The van der Waals surface area contributed by atoms with Crippen LogP contribution < -0.4 is 4.57 Å². The Kier molecular flexibility index (Phi) is 5.34. The Morgan fingerprint density at radius 1 is 1.22 bits per heavy atom. The summed E-state index contributed by atoms with van der Waals surface area (Å²) in [7, 11) is 0. The molecule has 3 heteroatoms. The van der Waals surface area contributed by atoms with Gasteiger partial charge in [0.15, 0.2) is 0 Å². The molecule has 18 heavy (non-hydrogen) atoms. The molecule has 1 aromatic carbocycles. The summed E-state index contributed by atoms with van der Waals surface area (Å²) in [6.45, 7) is 4.43. The molecule has 1 aromatic heterocycles. The zero-order chi connectivity index (χ0) is 12.6. The minimum absolute atomic E-state index is 1.07. The minimum Gasteiger partial charge on any atom is -0.237 e. The van der Waals surface area contributed by atoms with Crippen LogP contribution in [0.4, 0.5) is 0 Å². The van der Waals surface area contributed by atoms with Crippen molar-refractivity contribution in [1.29, 1.82) is 0 Å². The summed E-state index contributed by atoms with van der Waals surface area (Å²) in [6.07, 6.45) is 9.06. The second kappa shape index (κ2) is 7.27. The van der Waals surface area contributed by atoms with Crippen LogP contribution in [0.1, 0.15) is 19.8 Å². The van der Waals surface area contributed by atoms with Crippen molar-refractivity contribution in [2.24, 2.45) is 0 Å². The van der Waals surface area contributed by atoms with E-state index in [0.29, 0.717) is 0 Å². The highest BCUT2D eigenvalue weighted by atomic mass is 32.2. The van der Waals surface area contributed by atoms with Crippen molar-refractivity contribution < 1.29 is 4.57 Å². The highest BCUT2D eigenvalue weighted by Gasteiger charge is 2.03. The lowest BCUT2D eigenvalue weighted by atomic mass is 10.3. The van der Waals surface area contributed by atoms with Crippen LogP contribution in [-0.2, 0) is 13.1 Å². The molecule has 0 aliphatic heterocycles. The van der Waals surface area contributed by atoms with Gasteiger partial charge in [0.25, 0.3) is 0 Å². The Hall–Kier alpha value is -1.22. The number of rotatable bonds is 7. The van der Waals surface area contributed by atoms with E-state index in [-0.39, 0.29) is 0 Å². The van der Waals surface area contributed by atoms with Gasteiger partial charge in [0.05, 0.1) is 13.1 Å². The summed E-state index contributed by atoms with van der Waals surface area (Å²) in [5.41, 5.74) is 0. The average molecular weight is 261 g/mol. The first kappa shape index (κ1) is 13.2. The van der Waals surface area contributed by atoms with Gasteiger partial charge in [-0.1, -0.05) is 31.5 Å². The summed E-state index contributed by atoms with van der Waals surface area (Å²) in [4.78, 5) is 1.35. The monoisotopic (exact) mass is 261 g/mol. The Morgan fingerprint density at radius 3 is 2.83 bits per heavy atom. The Morgan fingerprint density at radius 2 is 2.06 bits per heavy atom. The van der Waals surface area contributed by atoms with Crippen LogP contribution in [0.5, 0.6) is 0 Å². The van der Waals surface area contributed by atoms with E-state index < -0.39 is 0 Å². The molecular formula is C15H21N2S+. The maximum absolute atomic E-state index is 2.27. The number of hydrogen-bond acceptors (Lipinski definition) is 1. The number of benzene rings is 1. The smallest absolute Gasteiger partial charge is 0.237 e. The third-order valence-electron chi connectivity index (χ3n) is 2.88. The first-order valence-electron chi connectivity index (χ1n) is 6.61. The van der Waals surface area contributed by atoms with Crippen molar-refractivity contribution in [2.75, 3.05) is 5.75 Å². The van der Waals surface area contributed by atoms with Gasteiger partial charge in [0, 0.05) is 10.6 Å². The first-order valence-corrected chi connectivity index (χ1v) is 7.59. The minimum atomic E-state index is 1.07. The maximum atomic E-state index is 2.27. The van der Waals surface area contributed by atoms with E-state index in [2.05, 4.69) is 65.1 Å². The van der Waals surface area contributed by atoms with Gasteiger partial charge >= 0.3 is 0 Å². The van der Waals surface area contributed by atoms with Crippen LogP contribution in [0.15, 0.2) is 53.9 Å². The van der Waals surface area contributed by atoms with Gasteiger partial charge in [-0.2, -0.15) is 0 Å². The molecule has 0 aliphatic carbocycles. The second-order valence-electron chi connectivity index (χ2n) is 4.40. The van der Waals surface area contributed by atoms with Gasteiger partial charge in [-0.05, 0) is 18.6 Å². The lowest BCUT2D eigenvalue weighted by Crippen LogP contribution is -2.30. The zero-order valence-corrected chi connectivity index (χ0v) is 11.8. The molecule has 0 bridgehead atoms. The van der Waals surface area contributed by atoms with Crippen LogP contribution in [0.25, 0.3) is 0 Å². The molecule has 0 radical (unpaired) electrons. The second-order valence-corrected chi connectivity index (χ2v) is 5.57. The van der Waals surface area contributed by atoms with Gasteiger partial charge in [0.2, 0.25) is 6.33 Å². The predicted molar refractivity (Wildman–Crippen MR) is 76.7 cm³/mol. The number of hydrogen-bond donors (Lipinski definition) is 0. The number of aromatic nitrogens is 2. The van der Waals surface area contributed by atoms with Gasteiger partial charge in [-0.3, -0.25) is 0 Å². The fourth-order valence-corrected chi connectivity index (χ4v) is 2.72. The van der Waals surface area contributed by atoms with Crippen molar-refractivity contribution in [3.63, 3.8) is 0 Å². The SMILES string of the molecule is CCCC[n+]1ccn(CCSc2ccccc2)c1. The van der Waals surface area contributed by atoms with E-state index in [9.17, 15) is 0 Å². The molecule has 0 atom stereocenters. The molecule has 1 heterocycles. The molecular weight excluding hydrogens is 240 g/mol. The van der Waals surface area contributed by atoms with Gasteiger partial charge < -0.3 is 0 Å². The number of unbranched alkanes of at least 4 members (excludes halogenated alkanes) is 1. The molecule has 0 unspecified atom stereocenters. The van der Waals surface area contributed by atoms with Crippen LogP contribution >= 0.6 is 11.8 Å². The van der Waals surface area contributed by atoms with Crippen molar-refractivity contribution >= 4 is 11.8 Å². The largest absolute Gasteiger partial charge is 0.243 e. The molecule has 0 aliphatic rings. The highest BCUT2D eigenvalue weighted by Crippen LogP contribution is 2.16. The lowest BCUT2D eigenvalue weighted by molar-refractivity contribution is -0.696. The zero-order valence-electron chi connectivity index (χ0n) is 11.0. The van der Waals surface area contributed by atoms with Gasteiger partial charge in [-0.15, -0.1) is 11.8 Å². The van der Waals surface area contributed by atoms with Crippen LogP contribution in [0.2, 0.25) is 0 Å². The fourth-order valence-electron chi connectivity index (χ4n) is 1.83. The van der Waals surface area contributed by atoms with Gasteiger partial charge in [-0.25, -0.2) is 9.13 Å². The number of aryl methyl sites for hydroxylation is 2. The molecule has 2 nitrogen and oxygen atoms in total. The summed E-state index contributed by atoms with van der Waals surface area (Å²) in [6, 6.07) is 10.6. The molecule has 0 amide bonds. The lowest BCUT2D eigenvalue weighted by Gasteiger charge is -1.99. The number of imidazole rings is 1. The summed E-state index contributed by atoms with van der Waals surface area (Å²) in [5, 5.41) is 0. The average Bonchev–Trinajstić information content (AvgIpc) is 2.85. The van der Waals surface area contributed by atoms with Crippen molar-refractivity contribution in [1.82, 2.24) is 4.57 Å². The van der Waals surface area contributed by atoms with E-state index in [4.69, 9.17) is 0 Å². The van der Waals surface area contributed by atoms with E-state index >= 15 is 0 Å². The maximum Gasteiger partial charge on any atom is 0.243 e. The molecule has 96 valence electrons. The molecule has 0 fully saturated rings. The predicted octanol–water partition coefficient (Wildman–Crippen LogP) is 3.37. The fraction of sp³-hybridized carbons (Fsp3) is 0.400. The molecule has 0 saturated heterocycles. The summed E-state index contributed by atoms with van der Waals surface area (Å²) < 4.78 is 4.54. The molecule has 0 saturated carbocycles. The van der Waals surface area contributed by atoms with Crippen LogP contribution in [0, 0.1) is 0 Å². The first-order chi connectivity index (χ1) is 8.88. The normalized spacial score (nSPS) is 10.7. The van der Waals surface area contributed by atoms with Crippen LogP contribution in [0.3, 0.4) is 0 Å². The molecule has 2 rings (SSSR count). The van der Waals surface area contributed by atoms with E-state index in [1.54, 1.807) is 0 Å². The van der Waals surface area contributed by atoms with Crippen LogP contribution in [-0.4, -0.2) is 10.3 Å². The van der Waals surface area contributed by atoms with Gasteiger partial charge in [0.1, 0.15) is 12.4 Å². The quantitative estimate of drug-likeness (QED) is 0.548. The number of thioether (sulfide) groups is 1. The topological polar surface area (TPSA) is 8.81 Å². The standard InChI is InChI=1S/C15H21N2S/c1-2-3-9-16-10-11-17(14-16)12-13-18-15-7-5-4-6-8-15/h4-8,10-11,14H,2-3,9,12-13H2,1H3/q+1. The Bertz CT molecular complexity index is 451. The Labute approximate surface area is 114 Å². The van der Waals surface area contributed by atoms with E-state index in [0.717, 1.165) is 18.8 Å². The summed E-state index contributed by atoms with van der Waals surface area (Å²) in [5.74, 6) is 1.12. The highest BCUT2D eigenvalue weighted by molar-refractivity contribution is 7.99. The van der Waals surface area contributed by atoms with E-state index in [1.807, 2.05) is 11.8 Å². The van der Waals surface area contributed by atoms with E-state index in [1.165, 1.54) is 17.7 Å². The van der Waals surface area contributed by atoms with Crippen molar-refractivity contribution in [3.05, 3.63) is 49.1 Å². The molecule has 0 spiro atoms. The third kappa shape index (κ3) is 4.22.